The Morgan fingerprint density at radius 2 is 1.38 bits per heavy atom. The van der Waals surface area contributed by atoms with E-state index in [0.29, 0.717) is 12.3 Å². The van der Waals surface area contributed by atoms with Crippen LogP contribution in [0, 0.1) is 0 Å². The summed E-state index contributed by atoms with van der Waals surface area (Å²) in [6.07, 6.45) is 30.7. The summed E-state index contributed by atoms with van der Waals surface area (Å²) in [7, 11) is 0. The maximum absolute atomic E-state index is 10.7. The fraction of sp³-hybridized carbons (Fsp3) is 0.0357. The lowest BCUT2D eigenvalue weighted by Crippen LogP contribution is -2.06. The minimum absolute atomic E-state index is 0.202. The number of hydrogen-bond donors (Lipinski definition) is 4. The standard InChI is InChI=1S/C30H27NO.C24H20N2O.C2H4/c1-2-27-28-16-10-9-14-25(28)18-20-30-26(15-8-3-4-11-23-32-30)21-22-31-29(27)19-17-24-12-6-5-7-13-24;25-19-13-12-18-15-22(17-7-2-1-3-8-17)24(27)11-6-14-26-23-10-5-4-9-20(23)21(18)16-19;1-2/h2-14,16-22,31H,1,15,23H2;1-16,26-27H,25H2;1-2H2/b8-3-,11-4-,19-17-,20-18-,22-21+,29-27-,30-26+;14-6+,22-15-,24-11+;. The Balaban J connectivity index is 0.000000199. The average molecular weight is 798 g/mol. The third-order valence-electron chi connectivity index (χ3n) is 9.84. The van der Waals surface area contributed by atoms with Crippen molar-refractivity contribution >= 4 is 40.7 Å². The molecule has 8 rings (SSSR count). The van der Waals surface area contributed by atoms with Gasteiger partial charge in [-0.15, -0.1) is 13.2 Å². The van der Waals surface area contributed by atoms with Crippen molar-refractivity contribution in [3.8, 4) is 11.1 Å². The zero-order chi connectivity index (χ0) is 42.7. The van der Waals surface area contributed by atoms with Crippen molar-refractivity contribution in [2.75, 3.05) is 17.7 Å². The van der Waals surface area contributed by atoms with Crippen molar-refractivity contribution in [3.63, 3.8) is 0 Å². The van der Waals surface area contributed by atoms with Crippen LogP contribution in [0.2, 0.25) is 0 Å². The highest BCUT2D eigenvalue weighted by atomic mass is 16.5. The average Bonchev–Trinajstić information content (AvgIpc) is 3.39. The van der Waals surface area contributed by atoms with Crippen molar-refractivity contribution in [2.45, 2.75) is 6.42 Å². The number of para-hydroxylation sites is 1. The molecule has 302 valence electrons. The van der Waals surface area contributed by atoms with Gasteiger partial charge in [0.15, 0.2) is 0 Å². The van der Waals surface area contributed by atoms with E-state index in [4.69, 9.17) is 10.5 Å². The molecule has 0 atom stereocenters. The van der Waals surface area contributed by atoms with Crippen LogP contribution in [0.1, 0.15) is 34.2 Å². The summed E-state index contributed by atoms with van der Waals surface area (Å²) in [5.74, 6) is 1.07. The van der Waals surface area contributed by atoms with Gasteiger partial charge in [0.1, 0.15) is 18.1 Å². The summed E-state index contributed by atoms with van der Waals surface area (Å²) in [6, 6.07) is 42.4. The molecule has 0 saturated heterocycles. The van der Waals surface area contributed by atoms with Crippen molar-refractivity contribution in [1.82, 2.24) is 5.32 Å². The van der Waals surface area contributed by atoms with Crippen LogP contribution in [0.5, 0.6) is 0 Å². The van der Waals surface area contributed by atoms with E-state index in [9.17, 15) is 5.11 Å². The summed E-state index contributed by atoms with van der Waals surface area (Å²) in [5, 5.41) is 17.5. The van der Waals surface area contributed by atoms with Crippen LogP contribution in [0.4, 0.5) is 11.4 Å². The van der Waals surface area contributed by atoms with Gasteiger partial charge < -0.3 is 26.2 Å². The van der Waals surface area contributed by atoms with E-state index < -0.39 is 0 Å². The van der Waals surface area contributed by atoms with Crippen LogP contribution in [0.3, 0.4) is 0 Å². The minimum atomic E-state index is 0.202. The Bertz CT molecular complexity index is 2610. The first-order valence-corrected chi connectivity index (χ1v) is 20.1. The van der Waals surface area contributed by atoms with Gasteiger partial charge in [-0.3, -0.25) is 0 Å². The molecule has 3 heterocycles. The number of ether oxygens (including phenoxy) is 1. The molecule has 0 amide bonds. The van der Waals surface area contributed by atoms with Gasteiger partial charge in [0.25, 0.3) is 0 Å². The van der Waals surface area contributed by atoms with E-state index in [1.54, 1.807) is 12.2 Å². The highest BCUT2D eigenvalue weighted by Crippen LogP contribution is 2.36. The molecule has 0 radical (unpaired) electrons. The van der Waals surface area contributed by atoms with Crippen LogP contribution in [-0.2, 0) is 4.74 Å². The van der Waals surface area contributed by atoms with Crippen LogP contribution < -0.4 is 16.4 Å². The number of nitrogens with one attached hydrogen (secondary N) is 2. The first-order chi connectivity index (χ1) is 30.1. The first-order valence-electron chi connectivity index (χ1n) is 20.1. The molecule has 5 heteroatoms. The van der Waals surface area contributed by atoms with E-state index in [0.717, 1.165) is 79.2 Å². The maximum Gasteiger partial charge on any atom is 0.123 e. The zero-order valence-corrected chi connectivity index (χ0v) is 34.3. The molecular weight excluding hydrogens is 747 g/mol. The number of nitrogens with two attached hydrogens (primary N) is 1. The van der Waals surface area contributed by atoms with Crippen LogP contribution in [-0.4, -0.2) is 11.7 Å². The van der Waals surface area contributed by atoms with Crippen LogP contribution in [0.15, 0.2) is 243 Å². The number of aliphatic hydroxyl groups excluding tert-OH is 1. The van der Waals surface area contributed by atoms with E-state index in [1.165, 1.54) is 0 Å². The Hall–Kier alpha value is -8.02. The molecule has 5 N–H and O–H groups in total. The summed E-state index contributed by atoms with van der Waals surface area (Å²) < 4.78 is 6.08. The van der Waals surface area contributed by atoms with Gasteiger partial charge in [-0.25, -0.2) is 0 Å². The minimum Gasteiger partial charge on any atom is -0.507 e. The lowest BCUT2D eigenvalue weighted by molar-refractivity contribution is 0.258. The van der Waals surface area contributed by atoms with Crippen molar-refractivity contribution < 1.29 is 9.84 Å². The quantitative estimate of drug-likeness (QED) is 0.108. The fourth-order valence-electron chi connectivity index (χ4n) is 6.88. The van der Waals surface area contributed by atoms with E-state index in [2.05, 4.69) is 115 Å². The molecule has 61 heavy (non-hydrogen) atoms. The van der Waals surface area contributed by atoms with E-state index >= 15 is 0 Å². The molecule has 0 fully saturated rings. The molecule has 0 unspecified atom stereocenters. The molecule has 0 saturated carbocycles. The Kier molecular flexibility index (Phi) is 15.5. The number of aliphatic hydroxyl groups is 1. The van der Waals surface area contributed by atoms with Crippen molar-refractivity contribution in [3.05, 3.63) is 271 Å². The second-order valence-corrected chi connectivity index (χ2v) is 13.8. The van der Waals surface area contributed by atoms with Gasteiger partial charge in [0.2, 0.25) is 0 Å². The number of anilines is 2. The van der Waals surface area contributed by atoms with Gasteiger partial charge in [-0.05, 0) is 106 Å². The molecule has 5 aromatic rings. The second-order valence-electron chi connectivity index (χ2n) is 13.8. The number of fused-ring (bicyclic) bond motifs is 4. The molecular formula is C56H51N3O2. The second kappa shape index (κ2) is 22.2. The lowest BCUT2D eigenvalue weighted by Gasteiger charge is -2.14. The molecule has 5 aromatic carbocycles. The molecule has 0 aliphatic carbocycles. The highest BCUT2D eigenvalue weighted by molar-refractivity contribution is 5.95. The topological polar surface area (TPSA) is 79.5 Å². The summed E-state index contributed by atoms with van der Waals surface area (Å²) >= 11 is 0. The Labute approximate surface area is 360 Å². The summed E-state index contributed by atoms with van der Waals surface area (Å²) in [6.45, 7) is 10.7. The maximum atomic E-state index is 10.7. The van der Waals surface area contributed by atoms with Gasteiger partial charge in [0.05, 0.1) is 0 Å². The van der Waals surface area contributed by atoms with E-state index in [-0.39, 0.29) is 5.76 Å². The van der Waals surface area contributed by atoms with Crippen molar-refractivity contribution in [1.29, 1.82) is 0 Å². The fourth-order valence-corrected chi connectivity index (χ4v) is 6.88. The van der Waals surface area contributed by atoms with Crippen LogP contribution >= 0.6 is 0 Å². The SMILES string of the molecule is C=C.C=C/C1=C(\C=C/c2ccccc2)N/C=C/C2=C(\C=C/c3ccccc31)OC/C=C\C=C/C2.Nc1ccc2c(c1)-c1ccccc1N/C=C/C=C(O)\C(c1ccccc1)=C/2. The number of hydrogen-bond acceptors (Lipinski definition) is 5. The third kappa shape index (κ3) is 11.6. The predicted molar refractivity (Wildman–Crippen MR) is 262 cm³/mol. The number of nitrogen functional groups attached to an aromatic ring is 1. The zero-order valence-electron chi connectivity index (χ0n) is 34.3. The molecule has 3 aliphatic heterocycles. The highest BCUT2D eigenvalue weighted by Gasteiger charge is 2.14. The Morgan fingerprint density at radius 3 is 2.18 bits per heavy atom. The van der Waals surface area contributed by atoms with Gasteiger partial charge >= 0.3 is 0 Å². The number of allylic oxidation sites excluding steroid dienone is 12. The molecule has 0 spiro atoms. The molecule has 3 aliphatic rings. The Morgan fingerprint density at radius 1 is 0.656 bits per heavy atom. The predicted octanol–water partition coefficient (Wildman–Crippen LogP) is 13.9. The number of rotatable bonds is 4. The van der Waals surface area contributed by atoms with E-state index in [1.807, 2.05) is 122 Å². The van der Waals surface area contributed by atoms with Crippen molar-refractivity contribution in [2.24, 2.45) is 0 Å². The lowest BCUT2D eigenvalue weighted by atomic mass is 9.94. The third-order valence-corrected chi connectivity index (χ3v) is 9.84. The van der Waals surface area contributed by atoms with Gasteiger partial charge in [0, 0.05) is 46.2 Å². The van der Waals surface area contributed by atoms with Crippen LogP contribution in [0.25, 0.3) is 40.5 Å². The first kappa shape index (κ1) is 42.6. The van der Waals surface area contributed by atoms with Gasteiger partial charge in [-0.2, -0.15) is 0 Å². The normalized spacial score (nSPS) is 21.2. The summed E-state index contributed by atoms with van der Waals surface area (Å²) in [5.41, 5.74) is 19.0. The molecule has 5 nitrogen and oxygen atoms in total. The smallest absolute Gasteiger partial charge is 0.123 e. The van der Waals surface area contributed by atoms with Gasteiger partial charge in [-0.1, -0.05) is 152 Å². The largest absolute Gasteiger partial charge is 0.507 e. The summed E-state index contributed by atoms with van der Waals surface area (Å²) in [4.78, 5) is 0. The molecule has 0 aromatic heterocycles. The number of benzene rings is 5. The molecule has 0 bridgehead atoms. The monoisotopic (exact) mass is 797 g/mol.